The molecule has 5 nitrogen and oxygen atoms in total. The third-order valence-corrected chi connectivity index (χ3v) is 5.07. The van der Waals surface area contributed by atoms with Crippen molar-refractivity contribution in [1.29, 1.82) is 0 Å². The summed E-state index contributed by atoms with van der Waals surface area (Å²) in [5, 5.41) is 4.24. The van der Waals surface area contributed by atoms with E-state index in [1.54, 1.807) is 0 Å². The zero-order valence-electron chi connectivity index (χ0n) is 13.4. The van der Waals surface area contributed by atoms with E-state index in [1.807, 2.05) is 30.5 Å². The predicted octanol–water partition coefficient (Wildman–Crippen LogP) is 1.89. The van der Waals surface area contributed by atoms with Crippen LogP contribution in [0.5, 0.6) is 0 Å². The number of nitrogens with one attached hydrogen (secondary N) is 1. The second-order valence-corrected chi connectivity index (χ2v) is 6.75. The van der Waals surface area contributed by atoms with E-state index < -0.39 is 0 Å². The van der Waals surface area contributed by atoms with Crippen LogP contribution in [0, 0.1) is 11.8 Å². The van der Waals surface area contributed by atoms with Crippen molar-refractivity contribution in [3.63, 3.8) is 0 Å². The number of para-hydroxylation sites is 1. The number of fused-ring (bicyclic) bond motifs is 1. The Bertz CT molecular complexity index is 776. The molecule has 0 spiro atoms. The minimum absolute atomic E-state index is 0.00492. The largest absolute Gasteiger partial charge is 0.379 e. The lowest BCUT2D eigenvalue weighted by atomic mass is 9.83. The van der Waals surface area contributed by atoms with Gasteiger partial charge in [-0.1, -0.05) is 18.2 Å². The van der Waals surface area contributed by atoms with Crippen LogP contribution >= 0.6 is 0 Å². The summed E-state index contributed by atoms with van der Waals surface area (Å²) in [5.74, 6) is 0.281. The summed E-state index contributed by atoms with van der Waals surface area (Å²) in [6, 6.07) is 10.2. The molecule has 1 saturated carbocycles. The van der Waals surface area contributed by atoms with Crippen molar-refractivity contribution >= 4 is 22.6 Å². The first-order valence-electron chi connectivity index (χ1n) is 8.43. The maximum absolute atomic E-state index is 12.2. The number of Topliss-reactive ketones (excluding diaryl/α,β-unsaturated/α-hetero) is 1. The summed E-state index contributed by atoms with van der Waals surface area (Å²) in [7, 11) is 0. The van der Waals surface area contributed by atoms with Gasteiger partial charge in [0.2, 0.25) is 5.91 Å². The SMILES string of the molecule is O=C1CC(C(=O)N[C@@H]2COC[C@H]2Cc2ccnc3ccccc23)C1. The smallest absolute Gasteiger partial charge is 0.224 e. The molecule has 24 heavy (non-hydrogen) atoms. The van der Waals surface area contributed by atoms with E-state index in [1.165, 1.54) is 5.56 Å². The van der Waals surface area contributed by atoms with E-state index in [0.717, 1.165) is 17.3 Å². The van der Waals surface area contributed by atoms with E-state index >= 15 is 0 Å². The van der Waals surface area contributed by atoms with E-state index in [2.05, 4.69) is 16.4 Å². The average molecular weight is 324 g/mol. The van der Waals surface area contributed by atoms with Crippen LogP contribution in [0.1, 0.15) is 18.4 Å². The molecular formula is C19H20N2O3. The van der Waals surface area contributed by atoms with Gasteiger partial charge in [0.1, 0.15) is 5.78 Å². The number of benzene rings is 1. The van der Waals surface area contributed by atoms with Crippen molar-refractivity contribution in [2.24, 2.45) is 11.8 Å². The number of carbonyl (C=O) groups excluding carboxylic acids is 2. The Balaban J connectivity index is 1.46. The summed E-state index contributed by atoms with van der Waals surface area (Å²) >= 11 is 0. The second kappa shape index (κ2) is 6.32. The normalized spacial score (nSPS) is 24.1. The Hall–Kier alpha value is -2.27. The lowest BCUT2D eigenvalue weighted by molar-refractivity contribution is -0.138. The van der Waals surface area contributed by atoms with Crippen molar-refractivity contribution in [2.45, 2.75) is 25.3 Å². The van der Waals surface area contributed by atoms with Crippen LogP contribution in [0.2, 0.25) is 0 Å². The third-order valence-electron chi connectivity index (χ3n) is 5.07. The number of rotatable bonds is 4. The quantitative estimate of drug-likeness (QED) is 0.932. The Labute approximate surface area is 140 Å². The topological polar surface area (TPSA) is 68.3 Å². The number of hydrogen-bond donors (Lipinski definition) is 1. The number of aromatic nitrogens is 1. The molecule has 0 radical (unpaired) electrons. The lowest BCUT2D eigenvalue weighted by Gasteiger charge is -2.26. The van der Waals surface area contributed by atoms with Gasteiger partial charge in [0, 0.05) is 30.3 Å². The molecule has 0 unspecified atom stereocenters. The van der Waals surface area contributed by atoms with Crippen LogP contribution < -0.4 is 5.32 Å². The van der Waals surface area contributed by atoms with Crippen LogP contribution in [0.4, 0.5) is 0 Å². The molecule has 2 atom stereocenters. The zero-order valence-corrected chi connectivity index (χ0v) is 13.4. The number of carbonyl (C=O) groups is 2. The molecular weight excluding hydrogens is 304 g/mol. The second-order valence-electron chi connectivity index (χ2n) is 6.75. The molecule has 0 bridgehead atoms. The van der Waals surface area contributed by atoms with Gasteiger partial charge in [0.25, 0.3) is 0 Å². The molecule has 1 N–H and O–H groups in total. The monoisotopic (exact) mass is 324 g/mol. The molecule has 4 rings (SSSR count). The summed E-state index contributed by atoms with van der Waals surface area (Å²) in [6.45, 7) is 1.19. The number of ether oxygens (including phenoxy) is 1. The maximum atomic E-state index is 12.2. The van der Waals surface area contributed by atoms with Gasteiger partial charge >= 0.3 is 0 Å². The molecule has 1 saturated heterocycles. The number of hydrogen-bond acceptors (Lipinski definition) is 4. The Morgan fingerprint density at radius 2 is 2.04 bits per heavy atom. The highest BCUT2D eigenvalue weighted by atomic mass is 16.5. The van der Waals surface area contributed by atoms with Crippen LogP contribution in [-0.2, 0) is 20.7 Å². The highest BCUT2D eigenvalue weighted by molar-refractivity contribution is 5.96. The fraction of sp³-hybridized carbons (Fsp3) is 0.421. The van der Waals surface area contributed by atoms with Gasteiger partial charge in [-0.3, -0.25) is 14.6 Å². The van der Waals surface area contributed by atoms with Gasteiger partial charge in [-0.15, -0.1) is 0 Å². The highest BCUT2D eigenvalue weighted by Crippen LogP contribution is 2.26. The van der Waals surface area contributed by atoms with E-state index in [9.17, 15) is 9.59 Å². The van der Waals surface area contributed by atoms with Crippen molar-refractivity contribution in [2.75, 3.05) is 13.2 Å². The van der Waals surface area contributed by atoms with Crippen LogP contribution in [0.15, 0.2) is 36.5 Å². The molecule has 124 valence electrons. The zero-order chi connectivity index (χ0) is 16.5. The molecule has 1 aliphatic carbocycles. The van der Waals surface area contributed by atoms with E-state index in [-0.39, 0.29) is 29.6 Å². The Kier molecular flexibility index (Phi) is 4.02. The summed E-state index contributed by atoms with van der Waals surface area (Å²) in [6.07, 6.45) is 3.46. The summed E-state index contributed by atoms with van der Waals surface area (Å²) < 4.78 is 5.61. The molecule has 2 fully saturated rings. The van der Waals surface area contributed by atoms with Crippen molar-refractivity contribution in [1.82, 2.24) is 10.3 Å². The Morgan fingerprint density at radius 3 is 2.88 bits per heavy atom. The van der Waals surface area contributed by atoms with Gasteiger partial charge in [0.05, 0.1) is 30.7 Å². The minimum atomic E-state index is -0.138. The standard InChI is InChI=1S/C19H20N2O3/c22-15-8-13(9-15)19(23)21-18-11-24-10-14(18)7-12-5-6-20-17-4-2-1-3-16(12)17/h1-6,13-14,18H,7-11H2,(H,21,23)/t14-,18-/m1/s1. The van der Waals surface area contributed by atoms with Crippen molar-refractivity contribution in [3.8, 4) is 0 Å². The molecule has 1 aromatic carbocycles. The van der Waals surface area contributed by atoms with Gasteiger partial charge in [-0.2, -0.15) is 0 Å². The minimum Gasteiger partial charge on any atom is -0.379 e. The third kappa shape index (κ3) is 2.91. The highest BCUT2D eigenvalue weighted by Gasteiger charge is 2.36. The van der Waals surface area contributed by atoms with E-state index in [4.69, 9.17) is 4.74 Å². The van der Waals surface area contributed by atoms with E-state index in [0.29, 0.717) is 26.1 Å². The lowest BCUT2D eigenvalue weighted by Crippen LogP contribution is -2.46. The molecule has 1 aliphatic heterocycles. The number of nitrogens with zero attached hydrogens (tertiary/aromatic N) is 1. The van der Waals surface area contributed by atoms with Gasteiger partial charge < -0.3 is 10.1 Å². The van der Waals surface area contributed by atoms with Crippen molar-refractivity contribution < 1.29 is 14.3 Å². The molecule has 2 heterocycles. The molecule has 5 heteroatoms. The molecule has 1 aromatic heterocycles. The van der Waals surface area contributed by atoms with Crippen molar-refractivity contribution in [3.05, 3.63) is 42.1 Å². The maximum Gasteiger partial charge on any atom is 0.224 e. The summed E-state index contributed by atoms with van der Waals surface area (Å²) in [5.41, 5.74) is 2.22. The number of pyridine rings is 1. The van der Waals surface area contributed by atoms with Gasteiger partial charge in [-0.05, 0) is 24.1 Å². The van der Waals surface area contributed by atoms with Gasteiger partial charge in [0.15, 0.2) is 0 Å². The first-order chi connectivity index (χ1) is 11.7. The Morgan fingerprint density at radius 1 is 1.21 bits per heavy atom. The van der Waals surface area contributed by atoms with Crippen LogP contribution in [-0.4, -0.2) is 35.9 Å². The van der Waals surface area contributed by atoms with Crippen LogP contribution in [0.25, 0.3) is 10.9 Å². The number of amides is 1. The predicted molar refractivity (Wildman–Crippen MR) is 89.4 cm³/mol. The average Bonchev–Trinajstić information content (AvgIpc) is 2.99. The first-order valence-corrected chi connectivity index (χ1v) is 8.43. The summed E-state index contributed by atoms with van der Waals surface area (Å²) in [4.78, 5) is 27.7. The molecule has 2 aliphatic rings. The first kappa shape index (κ1) is 15.3. The van der Waals surface area contributed by atoms with Crippen LogP contribution in [0.3, 0.4) is 0 Å². The molecule has 1 amide bonds. The number of ketones is 1. The molecule has 2 aromatic rings. The fourth-order valence-electron chi connectivity index (χ4n) is 3.55. The van der Waals surface area contributed by atoms with Gasteiger partial charge in [-0.25, -0.2) is 0 Å². The fourth-order valence-corrected chi connectivity index (χ4v) is 3.55.